The van der Waals surface area contributed by atoms with Crippen molar-refractivity contribution in [1.29, 1.82) is 0 Å². The van der Waals surface area contributed by atoms with E-state index in [9.17, 15) is 0 Å². The van der Waals surface area contributed by atoms with E-state index in [2.05, 4.69) is 46.6 Å². The highest BCUT2D eigenvalue weighted by molar-refractivity contribution is 6.92. The van der Waals surface area contributed by atoms with E-state index in [1.165, 1.54) is 69.9 Å². The summed E-state index contributed by atoms with van der Waals surface area (Å²) in [4.78, 5) is 0. The molecule has 1 atom stereocenters. The molecule has 0 aromatic rings. The van der Waals surface area contributed by atoms with Crippen molar-refractivity contribution in [3.05, 3.63) is 0 Å². The molecular weight excluding hydrogens is 300 g/mol. The molecule has 0 saturated heterocycles. The first-order valence-electron chi connectivity index (χ1n) is 9.88. The van der Waals surface area contributed by atoms with Crippen LogP contribution in [0.15, 0.2) is 0 Å². The second-order valence-electron chi connectivity index (χ2n) is 8.94. The zero-order chi connectivity index (χ0) is 17.1. The maximum Gasteiger partial charge on any atom is 0.184 e. The predicted octanol–water partition coefficient (Wildman–Crippen LogP) is 7.39. The first kappa shape index (κ1) is 22.4. The largest absolute Gasteiger partial charge is 0.415 e. The summed E-state index contributed by atoms with van der Waals surface area (Å²) in [6.45, 7) is 16.9. The standard InChI is InChI=1S/C19H44OSi2/c1-8-10-11-12-13-14-15-17-19(16-9-2)20-22(6,7)18-21(3,4)5/h19H,8-18H2,1-7H3. The third-order valence-corrected chi connectivity index (χ3v) is 12.8. The highest BCUT2D eigenvalue weighted by atomic mass is 28.4. The Hall–Kier alpha value is 0.394. The zero-order valence-corrected chi connectivity index (χ0v) is 18.8. The van der Waals surface area contributed by atoms with Gasteiger partial charge in [-0.05, 0) is 31.6 Å². The van der Waals surface area contributed by atoms with Crippen LogP contribution >= 0.6 is 0 Å². The highest BCUT2D eigenvalue weighted by Gasteiger charge is 2.32. The number of rotatable bonds is 14. The Morgan fingerprint density at radius 1 is 0.682 bits per heavy atom. The molecule has 0 aliphatic carbocycles. The lowest BCUT2D eigenvalue weighted by Gasteiger charge is -2.33. The van der Waals surface area contributed by atoms with E-state index in [4.69, 9.17) is 4.43 Å². The summed E-state index contributed by atoms with van der Waals surface area (Å²) in [5.74, 6) is 0. The summed E-state index contributed by atoms with van der Waals surface area (Å²) in [5.41, 5.74) is 1.40. The summed E-state index contributed by atoms with van der Waals surface area (Å²) >= 11 is 0. The maximum atomic E-state index is 6.67. The van der Waals surface area contributed by atoms with Gasteiger partial charge in [0.1, 0.15) is 0 Å². The van der Waals surface area contributed by atoms with Crippen LogP contribution in [-0.2, 0) is 4.43 Å². The van der Waals surface area contributed by atoms with Crippen molar-refractivity contribution >= 4 is 16.4 Å². The molecule has 0 aromatic carbocycles. The van der Waals surface area contributed by atoms with Crippen LogP contribution in [0.4, 0.5) is 0 Å². The first-order chi connectivity index (χ1) is 10.2. The van der Waals surface area contributed by atoms with Gasteiger partial charge in [-0.25, -0.2) is 0 Å². The number of hydrogen-bond acceptors (Lipinski definition) is 1. The first-order valence-corrected chi connectivity index (χ1v) is 16.7. The number of unbranched alkanes of at least 4 members (excludes halogenated alkanes) is 6. The molecule has 1 unspecified atom stereocenters. The van der Waals surface area contributed by atoms with Gasteiger partial charge in [-0.2, -0.15) is 0 Å². The van der Waals surface area contributed by atoms with Crippen LogP contribution < -0.4 is 0 Å². The highest BCUT2D eigenvalue weighted by Crippen LogP contribution is 2.25. The maximum absolute atomic E-state index is 6.67. The second-order valence-corrected chi connectivity index (χ2v) is 19.2. The van der Waals surface area contributed by atoms with Gasteiger partial charge in [-0.3, -0.25) is 0 Å². The molecule has 0 heterocycles. The monoisotopic (exact) mass is 344 g/mol. The van der Waals surface area contributed by atoms with Gasteiger partial charge < -0.3 is 4.43 Å². The Morgan fingerprint density at radius 2 is 1.23 bits per heavy atom. The molecule has 1 nitrogen and oxygen atoms in total. The van der Waals surface area contributed by atoms with Crippen molar-refractivity contribution in [2.75, 3.05) is 0 Å². The summed E-state index contributed by atoms with van der Waals surface area (Å²) in [6.07, 6.45) is 14.2. The minimum Gasteiger partial charge on any atom is -0.415 e. The topological polar surface area (TPSA) is 9.23 Å². The van der Waals surface area contributed by atoms with Gasteiger partial charge in [0.15, 0.2) is 8.32 Å². The lowest BCUT2D eigenvalue weighted by Crippen LogP contribution is -2.42. The van der Waals surface area contributed by atoms with Crippen molar-refractivity contribution in [1.82, 2.24) is 0 Å². The number of hydrogen-bond donors (Lipinski definition) is 0. The lowest BCUT2D eigenvalue weighted by atomic mass is 10.0. The van der Waals surface area contributed by atoms with Gasteiger partial charge in [-0.1, -0.05) is 84.9 Å². The van der Waals surface area contributed by atoms with Gasteiger partial charge in [-0.15, -0.1) is 0 Å². The van der Waals surface area contributed by atoms with Gasteiger partial charge in [0.25, 0.3) is 0 Å². The lowest BCUT2D eigenvalue weighted by molar-refractivity contribution is 0.167. The van der Waals surface area contributed by atoms with E-state index in [-0.39, 0.29) is 0 Å². The molecule has 0 aromatic heterocycles. The van der Waals surface area contributed by atoms with E-state index < -0.39 is 16.4 Å². The Labute approximate surface area is 143 Å². The predicted molar refractivity (Wildman–Crippen MR) is 108 cm³/mol. The van der Waals surface area contributed by atoms with Crippen molar-refractivity contribution in [3.8, 4) is 0 Å². The fourth-order valence-corrected chi connectivity index (χ4v) is 15.4. The Morgan fingerprint density at radius 3 is 1.73 bits per heavy atom. The van der Waals surface area contributed by atoms with Crippen LogP contribution in [0, 0.1) is 0 Å². The molecular formula is C19H44OSi2. The summed E-state index contributed by atoms with van der Waals surface area (Å²) in [5, 5.41) is 0. The third-order valence-electron chi connectivity index (χ3n) is 4.18. The minimum atomic E-state index is -1.46. The molecule has 0 saturated carbocycles. The van der Waals surface area contributed by atoms with Crippen molar-refractivity contribution in [2.24, 2.45) is 0 Å². The van der Waals surface area contributed by atoms with Gasteiger partial charge in [0.2, 0.25) is 0 Å². The summed E-state index contributed by atoms with van der Waals surface area (Å²) < 4.78 is 6.67. The van der Waals surface area contributed by atoms with Gasteiger partial charge in [0, 0.05) is 14.2 Å². The van der Waals surface area contributed by atoms with Crippen LogP contribution in [0.1, 0.15) is 78.1 Å². The SMILES string of the molecule is CCCCCCCCCC(CCC)O[Si](C)(C)C[Si](C)(C)C. The molecule has 134 valence electrons. The smallest absolute Gasteiger partial charge is 0.184 e. The molecule has 0 spiro atoms. The van der Waals surface area contributed by atoms with E-state index >= 15 is 0 Å². The quantitative estimate of drug-likeness (QED) is 0.236. The molecule has 0 amide bonds. The second kappa shape index (κ2) is 11.9. The van der Waals surface area contributed by atoms with Crippen molar-refractivity contribution in [2.45, 2.75) is 123 Å². The van der Waals surface area contributed by atoms with Gasteiger partial charge >= 0.3 is 0 Å². The van der Waals surface area contributed by atoms with Crippen LogP contribution in [-0.4, -0.2) is 22.5 Å². The summed E-state index contributed by atoms with van der Waals surface area (Å²) in [7, 11) is -2.47. The van der Waals surface area contributed by atoms with Crippen LogP contribution in [0.2, 0.25) is 38.4 Å². The van der Waals surface area contributed by atoms with Crippen LogP contribution in [0.3, 0.4) is 0 Å². The molecule has 3 heteroatoms. The van der Waals surface area contributed by atoms with Crippen LogP contribution in [0.25, 0.3) is 0 Å². The van der Waals surface area contributed by atoms with E-state index in [0.29, 0.717) is 6.10 Å². The minimum absolute atomic E-state index is 0.540. The molecule has 0 fully saturated rings. The van der Waals surface area contributed by atoms with Crippen LogP contribution in [0.5, 0.6) is 0 Å². The molecule has 0 aliphatic heterocycles. The molecule has 0 N–H and O–H groups in total. The normalized spacial score (nSPS) is 14.3. The molecule has 0 bridgehead atoms. The molecule has 22 heavy (non-hydrogen) atoms. The van der Waals surface area contributed by atoms with E-state index in [1.807, 2.05) is 0 Å². The van der Waals surface area contributed by atoms with Crippen molar-refractivity contribution in [3.63, 3.8) is 0 Å². The fraction of sp³-hybridized carbons (Fsp3) is 1.00. The van der Waals surface area contributed by atoms with Crippen molar-refractivity contribution < 1.29 is 4.43 Å². The summed E-state index contributed by atoms with van der Waals surface area (Å²) in [6, 6.07) is 0. The van der Waals surface area contributed by atoms with Gasteiger partial charge in [0.05, 0.1) is 0 Å². The average Bonchev–Trinajstić information content (AvgIpc) is 2.34. The fourth-order valence-electron chi connectivity index (χ4n) is 3.68. The molecule has 0 rings (SSSR count). The molecule has 0 aliphatic rings. The third kappa shape index (κ3) is 14.0. The zero-order valence-electron chi connectivity index (χ0n) is 16.8. The molecule has 0 radical (unpaired) electrons. The average molecular weight is 345 g/mol. The Bertz CT molecular complexity index is 259. The van der Waals surface area contributed by atoms with E-state index in [1.54, 1.807) is 0 Å². The Balaban J connectivity index is 4.04. The van der Waals surface area contributed by atoms with E-state index in [0.717, 1.165) is 0 Å². The Kier molecular flexibility index (Phi) is 12.1.